The van der Waals surface area contributed by atoms with Crippen molar-refractivity contribution in [3.63, 3.8) is 0 Å². The summed E-state index contributed by atoms with van der Waals surface area (Å²) in [7, 11) is 3.29. The Morgan fingerprint density at radius 3 is 1.59 bits per heavy atom. The molecule has 0 saturated carbocycles. The second-order valence-corrected chi connectivity index (χ2v) is 7.91. The molecule has 2 bridgehead atoms. The molecule has 4 atom stereocenters. The third-order valence-electron chi connectivity index (χ3n) is 6.65. The minimum atomic E-state index is -0.0952. The molecule has 6 rings (SSSR count). The molecule has 0 amide bonds. The Kier molecular flexibility index (Phi) is 3.45. The van der Waals surface area contributed by atoms with E-state index in [9.17, 15) is 0 Å². The molecule has 0 radical (unpaired) electrons. The Labute approximate surface area is 168 Å². The molecule has 29 heavy (non-hydrogen) atoms. The van der Waals surface area contributed by atoms with Gasteiger partial charge in [0.15, 0.2) is 23.0 Å². The highest BCUT2D eigenvalue weighted by atomic mass is 16.7. The quantitative estimate of drug-likeness (QED) is 0.750. The van der Waals surface area contributed by atoms with Gasteiger partial charge in [-0.3, -0.25) is 0 Å². The van der Waals surface area contributed by atoms with Crippen LogP contribution in [0.2, 0.25) is 0 Å². The SMILES string of the molecule is COc1c2c(cc3c1-c1c(cc4c(c1OC)OCO4)[C@@H]1O[C@H]3[C@@H](C)[C@H]1C)OCO2. The monoisotopic (exact) mass is 398 g/mol. The van der Waals surface area contributed by atoms with Gasteiger partial charge in [0.2, 0.25) is 25.1 Å². The first-order valence-electron chi connectivity index (χ1n) is 9.80. The van der Waals surface area contributed by atoms with Gasteiger partial charge in [-0.15, -0.1) is 0 Å². The van der Waals surface area contributed by atoms with Gasteiger partial charge in [-0.1, -0.05) is 13.8 Å². The molecular weight excluding hydrogens is 376 g/mol. The lowest BCUT2D eigenvalue weighted by atomic mass is 9.77. The second kappa shape index (κ2) is 5.86. The molecule has 0 aromatic heterocycles. The highest BCUT2D eigenvalue weighted by Crippen LogP contribution is 2.64. The zero-order valence-corrected chi connectivity index (χ0v) is 16.7. The van der Waals surface area contributed by atoms with E-state index in [1.165, 1.54) is 0 Å². The van der Waals surface area contributed by atoms with Crippen molar-refractivity contribution in [1.29, 1.82) is 0 Å². The van der Waals surface area contributed by atoms with Gasteiger partial charge in [-0.05, 0) is 35.1 Å². The predicted molar refractivity (Wildman–Crippen MR) is 102 cm³/mol. The number of methoxy groups -OCH3 is 2. The summed E-state index contributed by atoms with van der Waals surface area (Å²) in [5.74, 6) is 4.45. The lowest BCUT2D eigenvalue weighted by Crippen LogP contribution is -2.14. The molecule has 2 aromatic carbocycles. The molecular formula is C22H22O7. The third kappa shape index (κ3) is 2.06. The Bertz CT molecular complexity index is 949. The summed E-state index contributed by atoms with van der Waals surface area (Å²) >= 11 is 0. The molecule has 7 nitrogen and oxygen atoms in total. The molecule has 0 spiro atoms. The summed E-state index contributed by atoms with van der Waals surface area (Å²) in [6.07, 6.45) is -0.190. The lowest BCUT2D eigenvalue weighted by Gasteiger charge is -2.26. The van der Waals surface area contributed by atoms with Crippen LogP contribution in [0.1, 0.15) is 37.2 Å². The molecule has 4 heterocycles. The van der Waals surface area contributed by atoms with E-state index >= 15 is 0 Å². The van der Waals surface area contributed by atoms with Crippen molar-refractivity contribution < 1.29 is 33.2 Å². The fourth-order valence-electron chi connectivity index (χ4n) is 5.09. The van der Waals surface area contributed by atoms with Gasteiger partial charge in [-0.25, -0.2) is 0 Å². The molecule has 0 N–H and O–H groups in total. The normalized spacial score (nSPS) is 27.3. The summed E-state index contributed by atoms with van der Waals surface area (Å²) in [4.78, 5) is 0. The molecule has 1 fully saturated rings. The van der Waals surface area contributed by atoms with Gasteiger partial charge in [0.05, 0.1) is 26.4 Å². The average Bonchev–Trinajstić information content (AvgIpc) is 3.43. The van der Waals surface area contributed by atoms with Gasteiger partial charge >= 0.3 is 0 Å². The summed E-state index contributed by atoms with van der Waals surface area (Å²) in [6.45, 7) is 4.79. The maximum absolute atomic E-state index is 6.61. The van der Waals surface area contributed by atoms with Crippen molar-refractivity contribution in [2.75, 3.05) is 27.8 Å². The van der Waals surface area contributed by atoms with Crippen molar-refractivity contribution in [2.45, 2.75) is 26.1 Å². The maximum Gasteiger partial charge on any atom is 0.231 e. The van der Waals surface area contributed by atoms with Crippen LogP contribution in [0.4, 0.5) is 0 Å². The summed E-state index contributed by atoms with van der Waals surface area (Å²) in [5, 5.41) is 0. The standard InChI is InChI=1S/C22H22O7/c1-9-10(2)18-12-6-14-20(28-8-26-14)22(24-4)16(12)15-11(17(9)29-18)5-13-19(21(15)23-3)27-7-25-13/h5-6,9-10,17-18H,7-8H2,1-4H3/t9-,10+,17-,18+. The van der Waals surface area contributed by atoms with E-state index in [2.05, 4.69) is 13.8 Å². The van der Waals surface area contributed by atoms with Crippen LogP contribution >= 0.6 is 0 Å². The predicted octanol–water partition coefficient (Wildman–Crippen LogP) is 4.23. The minimum absolute atomic E-state index is 0.0952. The first-order valence-corrected chi connectivity index (χ1v) is 9.80. The van der Waals surface area contributed by atoms with E-state index in [4.69, 9.17) is 33.2 Å². The van der Waals surface area contributed by atoms with E-state index in [1.807, 2.05) is 12.1 Å². The summed E-state index contributed by atoms with van der Waals surface area (Å²) < 4.78 is 41.3. The maximum atomic E-state index is 6.61. The molecule has 0 aliphatic carbocycles. The zero-order valence-electron chi connectivity index (χ0n) is 16.7. The molecule has 4 aliphatic heterocycles. The van der Waals surface area contributed by atoms with E-state index in [-0.39, 0.29) is 25.8 Å². The molecule has 7 heteroatoms. The van der Waals surface area contributed by atoms with Crippen LogP contribution in [0, 0.1) is 11.8 Å². The number of benzene rings is 2. The zero-order chi connectivity index (χ0) is 19.9. The van der Waals surface area contributed by atoms with Crippen LogP contribution in [0.25, 0.3) is 11.1 Å². The third-order valence-corrected chi connectivity index (χ3v) is 6.65. The Morgan fingerprint density at radius 1 is 0.724 bits per heavy atom. The van der Waals surface area contributed by atoms with Crippen molar-refractivity contribution in [1.82, 2.24) is 0 Å². The smallest absolute Gasteiger partial charge is 0.231 e. The van der Waals surface area contributed by atoms with Gasteiger partial charge in [-0.2, -0.15) is 0 Å². The van der Waals surface area contributed by atoms with Gasteiger partial charge < -0.3 is 33.2 Å². The fraction of sp³-hybridized carbons (Fsp3) is 0.455. The van der Waals surface area contributed by atoms with Crippen LogP contribution in [0.5, 0.6) is 34.5 Å². The Morgan fingerprint density at radius 2 is 1.17 bits per heavy atom. The van der Waals surface area contributed by atoms with Crippen LogP contribution in [0.3, 0.4) is 0 Å². The van der Waals surface area contributed by atoms with Gasteiger partial charge in [0, 0.05) is 11.1 Å². The Hall–Kier alpha value is -2.80. The van der Waals surface area contributed by atoms with Crippen molar-refractivity contribution in [3.8, 4) is 45.6 Å². The topological polar surface area (TPSA) is 64.6 Å². The van der Waals surface area contributed by atoms with Gasteiger partial charge in [0.1, 0.15) is 0 Å². The molecule has 152 valence electrons. The van der Waals surface area contributed by atoms with E-state index in [0.29, 0.717) is 46.3 Å². The summed E-state index contributed by atoms with van der Waals surface area (Å²) in [5.41, 5.74) is 3.86. The number of ether oxygens (including phenoxy) is 7. The summed E-state index contributed by atoms with van der Waals surface area (Å²) in [6, 6.07) is 4.05. The highest BCUT2D eigenvalue weighted by molar-refractivity contribution is 5.89. The first-order chi connectivity index (χ1) is 14.1. The molecule has 0 unspecified atom stereocenters. The van der Waals surface area contributed by atoms with Gasteiger partial charge in [0.25, 0.3) is 0 Å². The van der Waals surface area contributed by atoms with Crippen LogP contribution in [-0.2, 0) is 4.74 Å². The van der Waals surface area contributed by atoms with Crippen LogP contribution in [-0.4, -0.2) is 27.8 Å². The van der Waals surface area contributed by atoms with E-state index in [0.717, 1.165) is 22.3 Å². The average molecular weight is 398 g/mol. The number of rotatable bonds is 2. The van der Waals surface area contributed by atoms with Crippen molar-refractivity contribution in [2.24, 2.45) is 11.8 Å². The number of fused-ring (bicyclic) bond motifs is 9. The first kappa shape index (κ1) is 17.1. The van der Waals surface area contributed by atoms with Crippen LogP contribution < -0.4 is 28.4 Å². The van der Waals surface area contributed by atoms with E-state index < -0.39 is 0 Å². The Balaban J connectivity index is 1.76. The highest BCUT2D eigenvalue weighted by Gasteiger charge is 2.48. The molecule has 2 aromatic rings. The van der Waals surface area contributed by atoms with Crippen molar-refractivity contribution >= 4 is 0 Å². The number of hydrogen-bond donors (Lipinski definition) is 0. The number of hydrogen-bond acceptors (Lipinski definition) is 7. The minimum Gasteiger partial charge on any atom is -0.492 e. The molecule has 1 saturated heterocycles. The fourth-order valence-corrected chi connectivity index (χ4v) is 5.09. The van der Waals surface area contributed by atoms with E-state index in [1.54, 1.807) is 14.2 Å². The lowest BCUT2D eigenvalue weighted by molar-refractivity contribution is 0.0312. The largest absolute Gasteiger partial charge is 0.492 e. The second-order valence-electron chi connectivity index (χ2n) is 7.91. The van der Waals surface area contributed by atoms with Crippen LogP contribution in [0.15, 0.2) is 12.1 Å². The molecule has 4 aliphatic rings. The van der Waals surface area contributed by atoms with Crippen molar-refractivity contribution in [3.05, 3.63) is 23.3 Å².